The fourth-order valence-corrected chi connectivity index (χ4v) is 3.51. The number of nitrogens with one attached hydrogen (secondary N) is 1. The standard InChI is InChI=1S/C14H23F3N2O2/c15-14(16,17)9-19(7-8-20)13(21)12-6-5-10-3-1-2-4-11(10)18-12/h10-12,18,20H,1-9H2. The molecule has 4 nitrogen and oxygen atoms in total. The van der Waals surface area contributed by atoms with Gasteiger partial charge in [-0.3, -0.25) is 4.79 Å². The molecule has 3 unspecified atom stereocenters. The van der Waals surface area contributed by atoms with Gasteiger partial charge in [0.25, 0.3) is 0 Å². The van der Waals surface area contributed by atoms with Crippen LogP contribution in [0.5, 0.6) is 0 Å². The van der Waals surface area contributed by atoms with Crippen LogP contribution in [-0.4, -0.2) is 53.9 Å². The second kappa shape index (κ2) is 6.96. The van der Waals surface area contributed by atoms with Crippen molar-refractivity contribution in [2.24, 2.45) is 5.92 Å². The molecule has 0 aromatic heterocycles. The molecule has 2 rings (SSSR count). The number of amides is 1. The van der Waals surface area contributed by atoms with Crippen molar-refractivity contribution < 1.29 is 23.1 Å². The maximum absolute atomic E-state index is 12.5. The summed E-state index contributed by atoms with van der Waals surface area (Å²) in [5.41, 5.74) is 0. The van der Waals surface area contributed by atoms with Crippen LogP contribution in [0.1, 0.15) is 38.5 Å². The van der Waals surface area contributed by atoms with E-state index in [1.165, 1.54) is 6.42 Å². The average molecular weight is 308 g/mol. The molecule has 2 aliphatic rings. The molecule has 0 aromatic carbocycles. The van der Waals surface area contributed by atoms with Gasteiger partial charge in [-0.25, -0.2) is 0 Å². The number of halogens is 3. The molecule has 122 valence electrons. The van der Waals surface area contributed by atoms with Crippen LogP contribution in [0.15, 0.2) is 0 Å². The topological polar surface area (TPSA) is 52.6 Å². The van der Waals surface area contributed by atoms with Gasteiger partial charge in [0.1, 0.15) is 6.54 Å². The normalized spacial score (nSPS) is 29.8. The molecule has 21 heavy (non-hydrogen) atoms. The summed E-state index contributed by atoms with van der Waals surface area (Å²) in [6.45, 7) is -2.02. The summed E-state index contributed by atoms with van der Waals surface area (Å²) in [5.74, 6) is 0.0158. The van der Waals surface area contributed by atoms with E-state index in [0.29, 0.717) is 12.3 Å². The van der Waals surface area contributed by atoms with Crippen molar-refractivity contribution in [3.8, 4) is 0 Å². The van der Waals surface area contributed by atoms with Crippen molar-refractivity contribution in [1.82, 2.24) is 10.2 Å². The van der Waals surface area contributed by atoms with Gasteiger partial charge in [0.2, 0.25) is 5.91 Å². The Bertz CT molecular complexity index is 363. The van der Waals surface area contributed by atoms with E-state index in [0.717, 1.165) is 30.6 Å². The van der Waals surface area contributed by atoms with Crippen molar-refractivity contribution >= 4 is 5.91 Å². The predicted octanol–water partition coefficient (Wildman–Crippen LogP) is 1.68. The van der Waals surface area contributed by atoms with Gasteiger partial charge >= 0.3 is 6.18 Å². The van der Waals surface area contributed by atoms with Gasteiger partial charge in [0, 0.05) is 12.6 Å². The molecular formula is C14H23F3N2O2. The molecule has 1 aliphatic heterocycles. The molecule has 7 heteroatoms. The number of nitrogens with zero attached hydrogens (tertiary/aromatic N) is 1. The van der Waals surface area contributed by atoms with Crippen LogP contribution >= 0.6 is 0 Å². The molecular weight excluding hydrogens is 285 g/mol. The summed E-state index contributed by atoms with van der Waals surface area (Å²) >= 11 is 0. The Morgan fingerprint density at radius 2 is 1.90 bits per heavy atom. The summed E-state index contributed by atoms with van der Waals surface area (Å²) in [5, 5.41) is 12.1. The van der Waals surface area contributed by atoms with Crippen molar-refractivity contribution in [1.29, 1.82) is 0 Å². The van der Waals surface area contributed by atoms with E-state index >= 15 is 0 Å². The number of hydrogen-bond acceptors (Lipinski definition) is 3. The summed E-state index contributed by atoms with van der Waals surface area (Å²) < 4.78 is 37.6. The van der Waals surface area contributed by atoms with Gasteiger partial charge in [0.05, 0.1) is 12.6 Å². The average Bonchev–Trinajstić information content (AvgIpc) is 2.44. The maximum atomic E-state index is 12.5. The van der Waals surface area contributed by atoms with E-state index in [4.69, 9.17) is 5.11 Å². The van der Waals surface area contributed by atoms with Gasteiger partial charge in [0.15, 0.2) is 0 Å². The Balaban J connectivity index is 1.96. The molecule has 0 spiro atoms. The van der Waals surface area contributed by atoms with Gasteiger partial charge in [-0.2, -0.15) is 13.2 Å². The summed E-state index contributed by atoms with van der Waals surface area (Å²) in [6.07, 6.45) is 1.49. The van der Waals surface area contributed by atoms with Crippen molar-refractivity contribution in [2.75, 3.05) is 19.7 Å². The SMILES string of the molecule is O=C(C1CCC2CCCCC2N1)N(CCO)CC(F)(F)F. The predicted molar refractivity (Wildman–Crippen MR) is 71.6 cm³/mol. The number of aliphatic hydroxyl groups excluding tert-OH is 1. The molecule has 1 saturated carbocycles. The molecule has 1 saturated heterocycles. The summed E-state index contributed by atoms with van der Waals surface area (Å²) in [6, 6.07) is -0.290. The highest BCUT2D eigenvalue weighted by Gasteiger charge is 2.39. The first-order valence-electron chi connectivity index (χ1n) is 7.63. The second-order valence-electron chi connectivity index (χ2n) is 6.05. The lowest BCUT2D eigenvalue weighted by atomic mass is 9.77. The maximum Gasteiger partial charge on any atom is 0.406 e. The third kappa shape index (κ3) is 4.57. The van der Waals surface area contributed by atoms with Gasteiger partial charge < -0.3 is 15.3 Å². The number of aliphatic hydroxyl groups is 1. The van der Waals surface area contributed by atoms with Crippen LogP contribution < -0.4 is 5.32 Å². The first-order chi connectivity index (χ1) is 9.90. The van der Waals surface area contributed by atoms with E-state index in [-0.39, 0.29) is 12.6 Å². The third-order valence-corrected chi connectivity index (χ3v) is 4.50. The highest BCUT2D eigenvalue weighted by Crippen LogP contribution is 2.32. The van der Waals surface area contributed by atoms with E-state index < -0.39 is 31.3 Å². The number of hydrogen-bond donors (Lipinski definition) is 2. The monoisotopic (exact) mass is 308 g/mol. The fourth-order valence-electron chi connectivity index (χ4n) is 3.51. The number of piperidine rings is 1. The Morgan fingerprint density at radius 3 is 2.57 bits per heavy atom. The van der Waals surface area contributed by atoms with Crippen LogP contribution in [0.3, 0.4) is 0 Å². The number of carbonyl (C=O) groups excluding carboxylic acids is 1. The molecule has 2 fully saturated rings. The Kier molecular flexibility index (Phi) is 5.48. The minimum Gasteiger partial charge on any atom is -0.395 e. The minimum atomic E-state index is -4.44. The molecule has 0 bridgehead atoms. The fraction of sp³-hybridized carbons (Fsp3) is 0.929. The lowest BCUT2D eigenvalue weighted by molar-refractivity contribution is -0.164. The zero-order valence-corrected chi connectivity index (χ0v) is 12.0. The largest absolute Gasteiger partial charge is 0.406 e. The molecule has 2 N–H and O–H groups in total. The van der Waals surface area contributed by atoms with Crippen LogP contribution in [0.4, 0.5) is 13.2 Å². The summed E-state index contributed by atoms with van der Waals surface area (Å²) in [7, 11) is 0. The Labute approximate surface area is 122 Å². The van der Waals surface area contributed by atoms with E-state index in [9.17, 15) is 18.0 Å². The molecule has 1 amide bonds. The van der Waals surface area contributed by atoms with Crippen LogP contribution in [0, 0.1) is 5.92 Å². The Morgan fingerprint density at radius 1 is 1.19 bits per heavy atom. The number of fused-ring (bicyclic) bond motifs is 1. The van der Waals surface area contributed by atoms with Gasteiger partial charge in [-0.05, 0) is 31.6 Å². The van der Waals surface area contributed by atoms with E-state index in [1.54, 1.807) is 0 Å². The number of alkyl halides is 3. The zero-order valence-electron chi connectivity index (χ0n) is 12.0. The lowest BCUT2D eigenvalue weighted by Gasteiger charge is -2.41. The molecule has 0 aromatic rings. The molecule has 0 radical (unpaired) electrons. The summed E-state index contributed by atoms with van der Waals surface area (Å²) in [4.78, 5) is 13.0. The Hall–Kier alpha value is -0.820. The second-order valence-corrected chi connectivity index (χ2v) is 6.05. The van der Waals surface area contributed by atoms with Crippen LogP contribution in [-0.2, 0) is 4.79 Å². The van der Waals surface area contributed by atoms with E-state index in [2.05, 4.69) is 5.32 Å². The van der Waals surface area contributed by atoms with E-state index in [1.807, 2.05) is 0 Å². The first-order valence-corrected chi connectivity index (χ1v) is 7.63. The van der Waals surface area contributed by atoms with Crippen molar-refractivity contribution in [2.45, 2.75) is 56.8 Å². The van der Waals surface area contributed by atoms with Crippen molar-refractivity contribution in [3.05, 3.63) is 0 Å². The lowest BCUT2D eigenvalue weighted by Crippen LogP contribution is -2.57. The highest BCUT2D eigenvalue weighted by atomic mass is 19.4. The third-order valence-electron chi connectivity index (χ3n) is 4.50. The number of rotatable bonds is 4. The quantitative estimate of drug-likeness (QED) is 0.831. The van der Waals surface area contributed by atoms with Gasteiger partial charge in [-0.1, -0.05) is 12.8 Å². The van der Waals surface area contributed by atoms with Crippen LogP contribution in [0.2, 0.25) is 0 Å². The van der Waals surface area contributed by atoms with Gasteiger partial charge in [-0.15, -0.1) is 0 Å². The highest BCUT2D eigenvalue weighted by molar-refractivity contribution is 5.82. The van der Waals surface area contributed by atoms with Crippen LogP contribution in [0.25, 0.3) is 0 Å². The van der Waals surface area contributed by atoms with Crippen molar-refractivity contribution in [3.63, 3.8) is 0 Å². The smallest absolute Gasteiger partial charge is 0.395 e. The first kappa shape index (κ1) is 16.5. The molecule has 3 atom stereocenters. The number of carbonyl (C=O) groups is 1. The molecule has 1 heterocycles. The zero-order chi connectivity index (χ0) is 15.5. The molecule has 1 aliphatic carbocycles. The minimum absolute atomic E-state index is 0.253.